The first-order chi connectivity index (χ1) is 8.45. The van der Waals surface area contributed by atoms with E-state index in [9.17, 15) is 4.79 Å². The molecule has 0 spiro atoms. The summed E-state index contributed by atoms with van der Waals surface area (Å²) in [6.45, 7) is 4.34. The van der Waals surface area contributed by atoms with Gasteiger partial charge in [-0.05, 0) is 32.0 Å². The molecule has 18 heavy (non-hydrogen) atoms. The SMILES string of the molecule is CC(C)N(CCC(=O)O)c1cc(Br)ccc1C#N. The zero-order valence-corrected chi connectivity index (χ0v) is 11.9. The van der Waals surface area contributed by atoms with Crippen molar-refractivity contribution in [1.82, 2.24) is 0 Å². The zero-order chi connectivity index (χ0) is 13.7. The third-order valence-electron chi connectivity index (χ3n) is 2.58. The third kappa shape index (κ3) is 3.74. The predicted octanol–water partition coefficient (Wildman–Crippen LogP) is 3.01. The molecule has 0 saturated carbocycles. The molecule has 1 aromatic carbocycles. The van der Waals surface area contributed by atoms with Crippen molar-refractivity contribution < 1.29 is 9.90 Å². The molecule has 1 rings (SSSR count). The molecule has 0 radical (unpaired) electrons. The summed E-state index contributed by atoms with van der Waals surface area (Å²) in [6.07, 6.45) is 0.0512. The molecule has 0 aliphatic rings. The molecule has 0 amide bonds. The number of hydrogen-bond acceptors (Lipinski definition) is 3. The molecule has 0 bridgehead atoms. The first-order valence-electron chi connectivity index (χ1n) is 5.63. The van der Waals surface area contributed by atoms with Crippen molar-refractivity contribution in [2.24, 2.45) is 0 Å². The van der Waals surface area contributed by atoms with E-state index in [4.69, 9.17) is 10.4 Å². The Labute approximate surface area is 115 Å². The molecule has 96 valence electrons. The van der Waals surface area contributed by atoms with Crippen LogP contribution in [0.15, 0.2) is 22.7 Å². The standard InChI is InChI=1S/C13H15BrN2O2/c1-9(2)16(6-5-13(17)18)12-7-11(14)4-3-10(12)8-15/h3-4,7,9H,5-6H2,1-2H3,(H,17,18). The van der Waals surface area contributed by atoms with Gasteiger partial charge in [0.25, 0.3) is 0 Å². The lowest BCUT2D eigenvalue weighted by molar-refractivity contribution is -0.136. The van der Waals surface area contributed by atoms with Crippen molar-refractivity contribution in [2.75, 3.05) is 11.4 Å². The second-order valence-corrected chi connectivity index (χ2v) is 5.12. The van der Waals surface area contributed by atoms with E-state index in [0.29, 0.717) is 12.1 Å². The number of aliphatic carboxylic acids is 1. The molecular weight excluding hydrogens is 296 g/mol. The second-order valence-electron chi connectivity index (χ2n) is 4.20. The molecule has 4 nitrogen and oxygen atoms in total. The molecule has 0 atom stereocenters. The summed E-state index contributed by atoms with van der Waals surface area (Å²) < 4.78 is 0.873. The number of nitrogens with zero attached hydrogens (tertiary/aromatic N) is 2. The van der Waals surface area contributed by atoms with E-state index in [1.165, 1.54) is 0 Å². The van der Waals surface area contributed by atoms with Crippen LogP contribution in [0.3, 0.4) is 0 Å². The maximum absolute atomic E-state index is 10.7. The van der Waals surface area contributed by atoms with Gasteiger partial charge in [-0.3, -0.25) is 4.79 Å². The van der Waals surface area contributed by atoms with Gasteiger partial charge in [-0.2, -0.15) is 5.26 Å². The minimum atomic E-state index is -0.839. The van der Waals surface area contributed by atoms with Crippen molar-refractivity contribution in [3.63, 3.8) is 0 Å². The van der Waals surface area contributed by atoms with Gasteiger partial charge in [0.15, 0.2) is 0 Å². The number of rotatable bonds is 5. The molecule has 1 N–H and O–H groups in total. The highest BCUT2D eigenvalue weighted by atomic mass is 79.9. The average Bonchev–Trinajstić information content (AvgIpc) is 2.28. The van der Waals surface area contributed by atoms with Crippen LogP contribution in [-0.2, 0) is 4.79 Å². The number of carboxylic acids is 1. The quantitative estimate of drug-likeness (QED) is 0.908. The smallest absolute Gasteiger partial charge is 0.305 e. The summed E-state index contributed by atoms with van der Waals surface area (Å²) >= 11 is 3.37. The summed E-state index contributed by atoms with van der Waals surface area (Å²) in [7, 11) is 0. The largest absolute Gasteiger partial charge is 0.481 e. The molecule has 0 aliphatic carbocycles. The Kier molecular flexibility index (Phi) is 5.17. The van der Waals surface area contributed by atoms with E-state index >= 15 is 0 Å². The Hall–Kier alpha value is -1.54. The van der Waals surface area contributed by atoms with Gasteiger partial charge in [-0.1, -0.05) is 15.9 Å². The summed E-state index contributed by atoms with van der Waals surface area (Å²) in [5, 5.41) is 17.9. The van der Waals surface area contributed by atoms with E-state index in [1.807, 2.05) is 24.8 Å². The highest BCUT2D eigenvalue weighted by Gasteiger charge is 2.16. The van der Waals surface area contributed by atoms with Gasteiger partial charge < -0.3 is 10.0 Å². The lowest BCUT2D eigenvalue weighted by atomic mass is 10.1. The van der Waals surface area contributed by atoms with E-state index in [1.54, 1.807) is 12.1 Å². The predicted molar refractivity (Wildman–Crippen MR) is 73.6 cm³/mol. The highest BCUT2D eigenvalue weighted by molar-refractivity contribution is 9.10. The highest BCUT2D eigenvalue weighted by Crippen LogP contribution is 2.26. The van der Waals surface area contributed by atoms with Crippen LogP contribution in [0.5, 0.6) is 0 Å². The Morgan fingerprint density at radius 2 is 2.22 bits per heavy atom. The van der Waals surface area contributed by atoms with Crippen molar-refractivity contribution in [2.45, 2.75) is 26.3 Å². The van der Waals surface area contributed by atoms with Crippen LogP contribution in [0.25, 0.3) is 0 Å². The number of hydrogen-bond donors (Lipinski definition) is 1. The summed E-state index contributed by atoms with van der Waals surface area (Å²) in [6, 6.07) is 7.65. The van der Waals surface area contributed by atoms with Crippen LogP contribution in [0.1, 0.15) is 25.8 Å². The van der Waals surface area contributed by atoms with Gasteiger partial charge in [0, 0.05) is 17.1 Å². The summed E-state index contributed by atoms with van der Waals surface area (Å²) in [5.74, 6) is -0.839. The van der Waals surface area contributed by atoms with Crippen LogP contribution >= 0.6 is 15.9 Å². The van der Waals surface area contributed by atoms with Crippen LogP contribution < -0.4 is 4.90 Å². The lowest BCUT2D eigenvalue weighted by Gasteiger charge is -2.29. The molecule has 0 saturated heterocycles. The molecule has 1 aromatic rings. The molecule has 5 heteroatoms. The molecule has 0 heterocycles. The summed E-state index contributed by atoms with van der Waals surface area (Å²) in [5.41, 5.74) is 1.32. The topological polar surface area (TPSA) is 64.3 Å². The minimum Gasteiger partial charge on any atom is -0.481 e. The van der Waals surface area contributed by atoms with Crippen LogP contribution in [0.4, 0.5) is 5.69 Å². The number of anilines is 1. The van der Waals surface area contributed by atoms with E-state index in [0.717, 1.165) is 10.2 Å². The molecule has 0 fully saturated rings. The van der Waals surface area contributed by atoms with Crippen LogP contribution in [0, 0.1) is 11.3 Å². The van der Waals surface area contributed by atoms with E-state index in [2.05, 4.69) is 22.0 Å². The van der Waals surface area contributed by atoms with Crippen molar-refractivity contribution in [3.8, 4) is 6.07 Å². The van der Waals surface area contributed by atoms with Crippen molar-refractivity contribution in [3.05, 3.63) is 28.2 Å². The Morgan fingerprint density at radius 3 is 2.72 bits per heavy atom. The molecule has 0 aromatic heterocycles. The number of benzene rings is 1. The fourth-order valence-electron chi connectivity index (χ4n) is 1.71. The minimum absolute atomic E-state index is 0.0512. The van der Waals surface area contributed by atoms with Gasteiger partial charge >= 0.3 is 5.97 Å². The van der Waals surface area contributed by atoms with Gasteiger partial charge in [-0.25, -0.2) is 0 Å². The lowest BCUT2D eigenvalue weighted by Crippen LogP contribution is -2.33. The molecular formula is C13H15BrN2O2. The Balaban J connectivity index is 3.09. The van der Waals surface area contributed by atoms with Gasteiger partial charge in [0.1, 0.15) is 6.07 Å². The molecule has 0 unspecified atom stereocenters. The Bertz CT molecular complexity index is 480. The first-order valence-corrected chi connectivity index (χ1v) is 6.43. The summed E-state index contributed by atoms with van der Waals surface area (Å²) in [4.78, 5) is 12.6. The second kappa shape index (κ2) is 6.41. The Morgan fingerprint density at radius 1 is 1.56 bits per heavy atom. The maximum atomic E-state index is 10.7. The third-order valence-corrected chi connectivity index (χ3v) is 3.07. The number of carboxylic acid groups (broad SMARTS) is 1. The van der Waals surface area contributed by atoms with Gasteiger partial charge in [0.2, 0.25) is 0 Å². The zero-order valence-electron chi connectivity index (χ0n) is 10.4. The fourth-order valence-corrected chi connectivity index (χ4v) is 2.06. The monoisotopic (exact) mass is 310 g/mol. The van der Waals surface area contributed by atoms with E-state index < -0.39 is 5.97 Å². The van der Waals surface area contributed by atoms with Crippen LogP contribution in [0.2, 0.25) is 0 Å². The average molecular weight is 311 g/mol. The van der Waals surface area contributed by atoms with Crippen molar-refractivity contribution in [1.29, 1.82) is 5.26 Å². The van der Waals surface area contributed by atoms with E-state index in [-0.39, 0.29) is 12.5 Å². The number of nitriles is 1. The fraction of sp³-hybridized carbons (Fsp3) is 0.385. The first kappa shape index (κ1) is 14.5. The molecule has 0 aliphatic heterocycles. The number of halogens is 1. The normalized spacial score (nSPS) is 10.2. The maximum Gasteiger partial charge on any atom is 0.305 e. The van der Waals surface area contributed by atoms with Gasteiger partial charge in [0.05, 0.1) is 17.7 Å². The number of carbonyl (C=O) groups is 1. The van der Waals surface area contributed by atoms with Gasteiger partial charge in [-0.15, -0.1) is 0 Å². The van der Waals surface area contributed by atoms with Crippen molar-refractivity contribution >= 4 is 27.6 Å². The van der Waals surface area contributed by atoms with Crippen LogP contribution in [-0.4, -0.2) is 23.7 Å².